The van der Waals surface area contributed by atoms with Gasteiger partial charge in [0.25, 0.3) is 0 Å². The van der Waals surface area contributed by atoms with Crippen molar-refractivity contribution in [2.75, 3.05) is 5.32 Å². The number of fused-ring (bicyclic) bond motifs is 1. The molecular formula is C7H4ClN5. The number of hydrogen-bond donors (Lipinski definition) is 2. The highest BCUT2D eigenvalue weighted by Gasteiger charge is 2.07. The van der Waals surface area contributed by atoms with Crippen LogP contribution in [0.4, 0.5) is 5.82 Å². The first-order valence-corrected chi connectivity index (χ1v) is 3.77. The number of halogens is 1. The van der Waals surface area contributed by atoms with Crippen LogP contribution >= 0.6 is 11.6 Å². The van der Waals surface area contributed by atoms with E-state index in [0.717, 1.165) is 0 Å². The Labute approximate surface area is 78.6 Å². The normalized spacial score (nSPS) is 9.85. The molecule has 0 radical (unpaired) electrons. The van der Waals surface area contributed by atoms with E-state index in [0.29, 0.717) is 17.0 Å². The SMILES string of the molecule is C#CNc1nc(Cl)nc2[nH]cnc12. The molecule has 6 heteroatoms. The summed E-state index contributed by atoms with van der Waals surface area (Å²) in [6.07, 6.45) is 6.57. The lowest BCUT2D eigenvalue weighted by atomic mass is 10.5. The van der Waals surface area contributed by atoms with Gasteiger partial charge < -0.3 is 4.98 Å². The van der Waals surface area contributed by atoms with Crippen molar-refractivity contribution in [3.05, 3.63) is 11.6 Å². The van der Waals surface area contributed by atoms with Crippen molar-refractivity contribution in [2.45, 2.75) is 0 Å². The summed E-state index contributed by atoms with van der Waals surface area (Å²) in [6, 6.07) is 2.24. The second-order valence-electron chi connectivity index (χ2n) is 2.21. The number of hydrogen-bond acceptors (Lipinski definition) is 4. The maximum Gasteiger partial charge on any atom is 0.226 e. The Kier molecular flexibility index (Phi) is 1.76. The van der Waals surface area contributed by atoms with E-state index in [1.807, 2.05) is 0 Å². The van der Waals surface area contributed by atoms with Gasteiger partial charge in [0.05, 0.1) is 6.33 Å². The number of H-pyrrole nitrogens is 1. The average molecular weight is 194 g/mol. The third-order valence-corrected chi connectivity index (χ3v) is 1.61. The second-order valence-corrected chi connectivity index (χ2v) is 2.55. The van der Waals surface area contributed by atoms with Crippen LogP contribution in [0.2, 0.25) is 5.28 Å². The van der Waals surface area contributed by atoms with Crippen LogP contribution in [-0.4, -0.2) is 19.9 Å². The molecule has 2 N–H and O–H groups in total. The molecule has 2 aromatic rings. The standard InChI is InChI=1S/C7H4ClN5/c1-2-9-5-4-6(11-3-10-4)13-7(8)12-5/h1,3H,(H2,9,10,11,12,13). The quantitative estimate of drug-likeness (QED) is 0.403. The fourth-order valence-corrected chi connectivity index (χ4v) is 1.13. The maximum absolute atomic E-state index is 5.64. The first kappa shape index (κ1) is 7.83. The zero-order chi connectivity index (χ0) is 9.26. The van der Waals surface area contributed by atoms with Gasteiger partial charge in [-0.1, -0.05) is 6.42 Å². The molecule has 0 unspecified atom stereocenters. The maximum atomic E-state index is 5.64. The van der Waals surface area contributed by atoms with E-state index < -0.39 is 0 Å². The van der Waals surface area contributed by atoms with Gasteiger partial charge in [0.1, 0.15) is 0 Å². The van der Waals surface area contributed by atoms with Crippen molar-refractivity contribution < 1.29 is 0 Å². The zero-order valence-electron chi connectivity index (χ0n) is 6.37. The van der Waals surface area contributed by atoms with Crippen molar-refractivity contribution in [3.8, 4) is 12.5 Å². The molecule has 0 aliphatic rings. The molecule has 2 aromatic heterocycles. The molecule has 2 rings (SSSR count). The Hall–Kier alpha value is -1.80. The van der Waals surface area contributed by atoms with Gasteiger partial charge in [-0.2, -0.15) is 9.97 Å². The molecule has 0 atom stereocenters. The van der Waals surface area contributed by atoms with Crippen LogP contribution in [0, 0.1) is 12.5 Å². The highest BCUT2D eigenvalue weighted by atomic mass is 35.5. The highest BCUT2D eigenvalue weighted by Crippen LogP contribution is 2.17. The summed E-state index contributed by atoms with van der Waals surface area (Å²) < 4.78 is 0. The van der Waals surface area contributed by atoms with Gasteiger partial charge in [-0.15, -0.1) is 0 Å². The molecule has 0 bridgehead atoms. The monoisotopic (exact) mass is 193 g/mol. The summed E-state index contributed by atoms with van der Waals surface area (Å²) in [7, 11) is 0. The Morgan fingerprint density at radius 3 is 3.15 bits per heavy atom. The third kappa shape index (κ3) is 1.27. The Morgan fingerprint density at radius 2 is 2.38 bits per heavy atom. The zero-order valence-corrected chi connectivity index (χ0v) is 7.13. The summed E-state index contributed by atoms with van der Waals surface area (Å²) in [5.74, 6) is 0.429. The first-order chi connectivity index (χ1) is 6.31. The fraction of sp³-hybridized carbons (Fsp3) is 0. The molecule has 0 aromatic carbocycles. The van der Waals surface area contributed by atoms with E-state index in [1.54, 1.807) is 0 Å². The molecule has 5 nitrogen and oxygen atoms in total. The smallest absolute Gasteiger partial charge is 0.226 e. The molecule has 2 heterocycles. The van der Waals surface area contributed by atoms with Crippen LogP contribution in [0.15, 0.2) is 6.33 Å². The minimum atomic E-state index is 0.120. The number of terminal acetylenes is 1. The minimum Gasteiger partial charge on any atom is -0.329 e. The van der Waals surface area contributed by atoms with Crippen molar-refractivity contribution in [1.82, 2.24) is 19.9 Å². The number of nitrogens with one attached hydrogen (secondary N) is 2. The van der Waals surface area contributed by atoms with Crippen molar-refractivity contribution in [2.24, 2.45) is 0 Å². The summed E-state index contributed by atoms with van der Waals surface area (Å²) in [5, 5.41) is 2.71. The van der Waals surface area contributed by atoms with Crippen molar-refractivity contribution >= 4 is 28.6 Å². The number of aromatic amines is 1. The minimum absolute atomic E-state index is 0.120. The number of aromatic nitrogens is 4. The van der Waals surface area contributed by atoms with Crippen LogP contribution in [0.25, 0.3) is 11.2 Å². The van der Waals surface area contributed by atoms with E-state index in [9.17, 15) is 0 Å². The predicted molar refractivity (Wildman–Crippen MR) is 49.1 cm³/mol. The van der Waals surface area contributed by atoms with Crippen LogP contribution in [0.1, 0.15) is 0 Å². The molecule has 0 saturated heterocycles. The lowest BCUT2D eigenvalue weighted by Gasteiger charge is -1.97. The van der Waals surface area contributed by atoms with Gasteiger partial charge in [-0.05, 0) is 11.6 Å². The number of nitrogens with zero attached hydrogens (tertiary/aromatic N) is 3. The second kappa shape index (κ2) is 2.92. The van der Waals surface area contributed by atoms with E-state index >= 15 is 0 Å². The van der Waals surface area contributed by atoms with Gasteiger partial charge >= 0.3 is 0 Å². The van der Waals surface area contributed by atoms with Crippen LogP contribution in [0.5, 0.6) is 0 Å². The molecule has 0 fully saturated rings. The summed E-state index contributed by atoms with van der Waals surface area (Å²) >= 11 is 5.64. The Bertz CT molecular complexity index is 483. The van der Waals surface area contributed by atoms with Gasteiger partial charge in [0.2, 0.25) is 5.28 Å². The van der Waals surface area contributed by atoms with Crippen LogP contribution in [0.3, 0.4) is 0 Å². The van der Waals surface area contributed by atoms with Crippen LogP contribution in [-0.2, 0) is 0 Å². The number of imidazole rings is 1. The van der Waals surface area contributed by atoms with Gasteiger partial charge in [-0.3, -0.25) is 5.32 Å². The molecule has 0 aliphatic heterocycles. The Balaban J connectivity index is 2.71. The van der Waals surface area contributed by atoms with E-state index in [2.05, 4.69) is 31.3 Å². The van der Waals surface area contributed by atoms with Gasteiger partial charge in [0, 0.05) is 6.04 Å². The number of rotatable bonds is 1. The molecular weight excluding hydrogens is 190 g/mol. The highest BCUT2D eigenvalue weighted by molar-refractivity contribution is 6.28. The summed E-state index contributed by atoms with van der Waals surface area (Å²) in [6.45, 7) is 0. The van der Waals surface area contributed by atoms with Crippen LogP contribution < -0.4 is 5.32 Å². The predicted octanol–water partition coefficient (Wildman–Crippen LogP) is 1.01. The van der Waals surface area contributed by atoms with Gasteiger partial charge in [0.15, 0.2) is 17.0 Å². The number of anilines is 1. The molecule has 13 heavy (non-hydrogen) atoms. The van der Waals surface area contributed by atoms with E-state index in [-0.39, 0.29) is 5.28 Å². The molecule has 0 spiro atoms. The largest absolute Gasteiger partial charge is 0.329 e. The fourth-order valence-electron chi connectivity index (χ4n) is 0.964. The van der Waals surface area contributed by atoms with Crippen molar-refractivity contribution in [1.29, 1.82) is 0 Å². The van der Waals surface area contributed by atoms with Gasteiger partial charge in [-0.25, -0.2) is 4.98 Å². The third-order valence-electron chi connectivity index (χ3n) is 1.44. The van der Waals surface area contributed by atoms with E-state index in [1.165, 1.54) is 6.33 Å². The lowest BCUT2D eigenvalue weighted by molar-refractivity contribution is 1.20. The molecule has 0 saturated carbocycles. The average Bonchev–Trinajstić information content (AvgIpc) is 2.52. The molecule has 0 aliphatic carbocycles. The topological polar surface area (TPSA) is 66.5 Å². The Morgan fingerprint density at radius 1 is 1.54 bits per heavy atom. The van der Waals surface area contributed by atoms with E-state index in [4.69, 9.17) is 18.0 Å². The molecule has 0 amide bonds. The summed E-state index contributed by atoms with van der Waals surface area (Å²) in [4.78, 5) is 14.6. The van der Waals surface area contributed by atoms with Crippen molar-refractivity contribution in [3.63, 3.8) is 0 Å². The first-order valence-electron chi connectivity index (χ1n) is 3.39. The summed E-state index contributed by atoms with van der Waals surface area (Å²) in [5.41, 5.74) is 1.13. The molecule has 64 valence electrons. The lowest BCUT2D eigenvalue weighted by Crippen LogP contribution is -1.95.